The van der Waals surface area contributed by atoms with Gasteiger partial charge >= 0.3 is 0 Å². The lowest BCUT2D eigenvalue weighted by Gasteiger charge is -2.03. The maximum atomic E-state index is 13.7. The van der Waals surface area contributed by atoms with E-state index >= 15 is 0 Å². The number of aromatic nitrogens is 4. The molecule has 0 saturated heterocycles. The molecule has 0 bridgehead atoms. The fourth-order valence-corrected chi connectivity index (χ4v) is 4.01. The number of para-hydroxylation sites is 1. The summed E-state index contributed by atoms with van der Waals surface area (Å²) in [5, 5.41) is 5.94. The van der Waals surface area contributed by atoms with E-state index in [1.54, 1.807) is 7.11 Å². The second-order valence-corrected chi connectivity index (χ2v) is 8.86. The average Bonchev–Trinajstić information content (AvgIpc) is 3.63. The van der Waals surface area contributed by atoms with Crippen LogP contribution >= 0.6 is 0 Å². The minimum absolute atomic E-state index is 0.0344. The monoisotopic (exact) mass is 538 g/mol. The van der Waals surface area contributed by atoms with E-state index in [2.05, 4.69) is 37.4 Å². The van der Waals surface area contributed by atoms with Crippen molar-refractivity contribution in [1.29, 1.82) is 0 Å². The first-order valence-corrected chi connectivity index (χ1v) is 12.8. The quantitative estimate of drug-likeness (QED) is 0.183. The number of halogens is 1. The van der Waals surface area contributed by atoms with Crippen molar-refractivity contribution in [2.24, 2.45) is 0 Å². The SMILES string of the molecule is COc1cccc(C#Cc2cccc3nc(CCNCCc4nc(C(=O)NCc5ncccc5F)co4)[nH]c23)c1. The predicted octanol–water partition coefficient (Wildman–Crippen LogP) is 3.80. The van der Waals surface area contributed by atoms with Crippen LogP contribution in [0.15, 0.2) is 71.5 Å². The Morgan fingerprint density at radius 2 is 1.95 bits per heavy atom. The number of H-pyrrole nitrogens is 1. The van der Waals surface area contributed by atoms with Crippen LogP contribution in [0.25, 0.3) is 11.0 Å². The smallest absolute Gasteiger partial charge is 0.273 e. The van der Waals surface area contributed by atoms with Crippen molar-refractivity contribution in [3.05, 3.63) is 107 Å². The number of amides is 1. The first-order chi connectivity index (χ1) is 19.6. The summed E-state index contributed by atoms with van der Waals surface area (Å²) in [6.07, 6.45) is 3.97. The summed E-state index contributed by atoms with van der Waals surface area (Å²) in [6.45, 7) is 1.26. The molecule has 0 aliphatic rings. The van der Waals surface area contributed by atoms with Gasteiger partial charge < -0.3 is 24.8 Å². The number of nitrogens with zero attached hydrogens (tertiary/aromatic N) is 3. The molecule has 0 spiro atoms. The lowest BCUT2D eigenvalue weighted by molar-refractivity contribution is 0.0945. The molecule has 0 fully saturated rings. The number of hydrogen-bond acceptors (Lipinski definition) is 7. The topological polar surface area (TPSA) is 118 Å². The Balaban J connectivity index is 1.09. The molecule has 0 unspecified atom stereocenters. The van der Waals surface area contributed by atoms with E-state index in [4.69, 9.17) is 14.1 Å². The number of rotatable bonds is 10. The van der Waals surface area contributed by atoms with Gasteiger partial charge in [-0.15, -0.1) is 0 Å². The van der Waals surface area contributed by atoms with E-state index in [0.29, 0.717) is 31.8 Å². The van der Waals surface area contributed by atoms with Crippen LogP contribution in [0.5, 0.6) is 5.75 Å². The number of aromatic amines is 1. The molecule has 0 saturated carbocycles. The van der Waals surface area contributed by atoms with E-state index in [0.717, 1.165) is 33.7 Å². The predicted molar refractivity (Wildman–Crippen MR) is 147 cm³/mol. The first-order valence-electron chi connectivity index (χ1n) is 12.8. The number of ether oxygens (including phenoxy) is 1. The van der Waals surface area contributed by atoms with Gasteiger partial charge in [-0.1, -0.05) is 24.0 Å². The highest BCUT2D eigenvalue weighted by atomic mass is 19.1. The molecule has 0 atom stereocenters. The number of carbonyl (C=O) groups is 1. The summed E-state index contributed by atoms with van der Waals surface area (Å²) in [4.78, 5) is 28.5. The second kappa shape index (κ2) is 12.7. The first kappa shape index (κ1) is 26.6. The van der Waals surface area contributed by atoms with Crippen molar-refractivity contribution < 1.29 is 18.3 Å². The highest BCUT2D eigenvalue weighted by Gasteiger charge is 2.13. The third kappa shape index (κ3) is 6.70. The Labute approximate surface area is 230 Å². The lowest BCUT2D eigenvalue weighted by atomic mass is 10.1. The van der Waals surface area contributed by atoms with Crippen LogP contribution < -0.4 is 15.4 Å². The third-order valence-corrected chi connectivity index (χ3v) is 6.07. The maximum absolute atomic E-state index is 13.7. The zero-order chi connectivity index (χ0) is 27.7. The minimum Gasteiger partial charge on any atom is -0.497 e. The Morgan fingerprint density at radius 3 is 2.83 bits per heavy atom. The Hall–Kier alpha value is -5.01. The molecule has 202 valence electrons. The number of pyridine rings is 1. The van der Waals surface area contributed by atoms with Gasteiger partial charge in [0.2, 0.25) is 0 Å². The molecule has 3 N–H and O–H groups in total. The zero-order valence-corrected chi connectivity index (χ0v) is 21.8. The highest BCUT2D eigenvalue weighted by Crippen LogP contribution is 2.17. The van der Waals surface area contributed by atoms with Gasteiger partial charge in [0.15, 0.2) is 11.6 Å². The minimum atomic E-state index is -0.476. The molecule has 0 radical (unpaired) electrons. The van der Waals surface area contributed by atoms with Crippen molar-refractivity contribution in [3.63, 3.8) is 0 Å². The summed E-state index contributed by atoms with van der Waals surface area (Å²) in [6, 6.07) is 16.3. The van der Waals surface area contributed by atoms with Gasteiger partial charge in [0.05, 0.1) is 35.9 Å². The molecule has 10 heteroatoms. The maximum Gasteiger partial charge on any atom is 0.273 e. The Bertz CT molecular complexity index is 1680. The number of nitrogens with one attached hydrogen (secondary N) is 3. The lowest BCUT2D eigenvalue weighted by Crippen LogP contribution is -2.24. The summed E-state index contributed by atoms with van der Waals surface area (Å²) in [7, 11) is 1.64. The van der Waals surface area contributed by atoms with E-state index < -0.39 is 11.7 Å². The normalized spacial score (nSPS) is 10.8. The molecule has 3 heterocycles. The van der Waals surface area contributed by atoms with Crippen LogP contribution in [0.1, 0.15) is 39.0 Å². The van der Waals surface area contributed by atoms with E-state index in [1.807, 2.05) is 42.5 Å². The third-order valence-electron chi connectivity index (χ3n) is 6.07. The zero-order valence-electron chi connectivity index (χ0n) is 21.8. The van der Waals surface area contributed by atoms with Crippen LogP contribution in [0.2, 0.25) is 0 Å². The summed E-state index contributed by atoms with van der Waals surface area (Å²) in [5.74, 6) is 7.56. The van der Waals surface area contributed by atoms with Crippen LogP contribution in [0.3, 0.4) is 0 Å². The van der Waals surface area contributed by atoms with Crippen molar-refractivity contribution in [2.45, 2.75) is 19.4 Å². The number of carbonyl (C=O) groups excluding carboxylic acids is 1. The highest BCUT2D eigenvalue weighted by molar-refractivity contribution is 5.91. The van der Waals surface area contributed by atoms with Gasteiger partial charge in [0.25, 0.3) is 5.91 Å². The number of fused-ring (bicyclic) bond motifs is 1. The number of benzene rings is 2. The summed E-state index contributed by atoms with van der Waals surface area (Å²) >= 11 is 0. The summed E-state index contributed by atoms with van der Waals surface area (Å²) < 4.78 is 24.3. The van der Waals surface area contributed by atoms with Gasteiger partial charge in [0.1, 0.15) is 23.7 Å². The van der Waals surface area contributed by atoms with Crippen molar-refractivity contribution in [3.8, 4) is 17.6 Å². The summed E-state index contributed by atoms with van der Waals surface area (Å²) in [5.41, 5.74) is 3.82. The van der Waals surface area contributed by atoms with E-state index in [9.17, 15) is 9.18 Å². The van der Waals surface area contributed by atoms with Crippen LogP contribution in [-0.4, -0.2) is 46.0 Å². The molecule has 5 rings (SSSR count). The number of hydrogen-bond donors (Lipinski definition) is 3. The van der Waals surface area contributed by atoms with Gasteiger partial charge in [-0.2, -0.15) is 0 Å². The fourth-order valence-electron chi connectivity index (χ4n) is 4.01. The Kier molecular flexibility index (Phi) is 8.44. The van der Waals surface area contributed by atoms with E-state index in [-0.39, 0.29) is 17.9 Å². The largest absolute Gasteiger partial charge is 0.497 e. The number of methoxy groups -OCH3 is 1. The van der Waals surface area contributed by atoms with Gasteiger partial charge in [-0.3, -0.25) is 9.78 Å². The standard InChI is InChI=1S/C30H27FN6O3/c1-39-22-7-2-5-20(17-22)10-11-21-6-3-9-24-29(21)37-27(35-24)12-15-32-16-13-28-36-26(19-40-28)30(38)34-18-25-23(31)8-4-14-33-25/h2-9,14,17,19,32H,12-13,15-16,18H2,1H3,(H,34,38)(H,35,37). The number of imidazole rings is 1. The molecule has 2 aromatic carbocycles. The molecule has 1 amide bonds. The van der Waals surface area contributed by atoms with Crippen molar-refractivity contribution in [2.75, 3.05) is 20.2 Å². The fraction of sp³-hybridized carbons (Fsp3) is 0.200. The van der Waals surface area contributed by atoms with Crippen molar-refractivity contribution >= 4 is 16.9 Å². The molecular weight excluding hydrogens is 511 g/mol. The number of oxazole rings is 1. The Morgan fingerprint density at radius 1 is 1.07 bits per heavy atom. The molecular formula is C30H27FN6O3. The average molecular weight is 539 g/mol. The van der Waals surface area contributed by atoms with Crippen LogP contribution in [0, 0.1) is 17.7 Å². The van der Waals surface area contributed by atoms with Crippen LogP contribution in [0.4, 0.5) is 4.39 Å². The molecule has 0 aliphatic carbocycles. The van der Waals surface area contributed by atoms with Crippen LogP contribution in [-0.2, 0) is 19.4 Å². The molecule has 0 aliphatic heterocycles. The van der Waals surface area contributed by atoms with Crippen molar-refractivity contribution in [1.82, 2.24) is 30.6 Å². The molecule has 40 heavy (non-hydrogen) atoms. The van der Waals surface area contributed by atoms with Gasteiger partial charge in [-0.25, -0.2) is 14.4 Å². The molecule has 5 aromatic rings. The molecule has 3 aromatic heterocycles. The second-order valence-electron chi connectivity index (χ2n) is 8.86. The van der Waals surface area contributed by atoms with E-state index in [1.165, 1.54) is 24.6 Å². The van der Waals surface area contributed by atoms with Gasteiger partial charge in [0, 0.05) is 37.7 Å². The van der Waals surface area contributed by atoms with Gasteiger partial charge in [-0.05, 0) is 42.5 Å². The molecule has 9 nitrogen and oxygen atoms in total.